The van der Waals surface area contributed by atoms with Crippen LogP contribution in [0.2, 0.25) is 5.02 Å². The quantitative estimate of drug-likeness (QED) is 0.373. The SMILES string of the molecule is Cc1nnc(C2CCN(C(=O)CN3CC(C)(C)OC[C@H]3C(=O)Nc3cc(Cl)cc4c3[nH]c3cnccc34)CC2)o1. The molecule has 2 aliphatic rings. The van der Waals surface area contributed by atoms with Gasteiger partial charge in [0.25, 0.3) is 0 Å². The zero-order valence-corrected chi connectivity index (χ0v) is 23.5. The number of morpholine rings is 1. The van der Waals surface area contributed by atoms with E-state index in [1.807, 2.05) is 35.8 Å². The summed E-state index contributed by atoms with van der Waals surface area (Å²) < 4.78 is 11.6. The smallest absolute Gasteiger partial charge is 0.244 e. The molecule has 40 heavy (non-hydrogen) atoms. The molecule has 210 valence electrons. The Morgan fingerprint density at radius 2 is 2.00 bits per heavy atom. The van der Waals surface area contributed by atoms with Gasteiger partial charge in [0.05, 0.1) is 41.7 Å². The lowest BCUT2D eigenvalue weighted by Crippen LogP contribution is -2.60. The Morgan fingerprint density at radius 3 is 2.75 bits per heavy atom. The fourth-order valence-corrected chi connectivity index (χ4v) is 5.94. The average molecular weight is 566 g/mol. The van der Waals surface area contributed by atoms with Gasteiger partial charge in [0.2, 0.25) is 23.6 Å². The average Bonchev–Trinajstić information content (AvgIpc) is 3.52. The Bertz CT molecular complexity index is 1570. The summed E-state index contributed by atoms with van der Waals surface area (Å²) >= 11 is 6.44. The van der Waals surface area contributed by atoms with Crippen molar-refractivity contribution in [3.63, 3.8) is 0 Å². The zero-order chi connectivity index (χ0) is 28.0. The summed E-state index contributed by atoms with van der Waals surface area (Å²) in [7, 11) is 0. The lowest BCUT2D eigenvalue weighted by molar-refractivity contribution is -0.150. The van der Waals surface area contributed by atoms with E-state index < -0.39 is 11.6 Å². The molecule has 4 aromatic rings. The van der Waals surface area contributed by atoms with Crippen molar-refractivity contribution < 1.29 is 18.7 Å². The molecular formula is C28H32ClN7O4. The van der Waals surface area contributed by atoms with E-state index in [1.54, 1.807) is 25.4 Å². The molecule has 2 N–H and O–H groups in total. The van der Waals surface area contributed by atoms with Crippen molar-refractivity contribution in [3.8, 4) is 0 Å². The summed E-state index contributed by atoms with van der Waals surface area (Å²) in [6, 6.07) is 4.86. The molecule has 0 spiro atoms. The van der Waals surface area contributed by atoms with Crippen molar-refractivity contribution in [1.82, 2.24) is 30.0 Å². The standard InChI is InChI=1S/C28H32ClN7O4/c1-16-33-34-27(40-16)17-5-8-35(9-6-17)24(37)13-36-15-28(2,3)39-14-23(36)26(38)32-21-11-18(29)10-20-19-4-7-30-12-22(19)31-25(20)21/h4,7,10-12,17,23,31H,5-6,8-9,13-15H2,1-3H3,(H,32,38)/t23-/m0/s1. The number of carbonyl (C=O) groups excluding carboxylic acids is 2. The van der Waals surface area contributed by atoms with Gasteiger partial charge in [0.1, 0.15) is 6.04 Å². The number of hydrogen-bond donors (Lipinski definition) is 2. The van der Waals surface area contributed by atoms with Crippen LogP contribution in [0.25, 0.3) is 21.8 Å². The number of rotatable bonds is 5. The fourth-order valence-electron chi connectivity index (χ4n) is 5.72. The molecule has 2 fully saturated rings. The number of aromatic amines is 1. The van der Waals surface area contributed by atoms with E-state index in [0.717, 1.165) is 34.6 Å². The largest absolute Gasteiger partial charge is 0.425 e. The molecule has 0 saturated carbocycles. The van der Waals surface area contributed by atoms with Crippen LogP contribution < -0.4 is 5.32 Å². The van der Waals surface area contributed by atoms with Crippen molar-refractivity contribution >= 4 is 50.9 Å². The monoisotopic (exact) mass is 565 g/mol. The van der Waals surface area contributed by atoms with Gasteiger partial charge in [-0.25, -0.2) is 0 Å². The molecule has 0 unspecified atom stereocenters. The van der Waals surface area contributed by atoms with Gasteiger partial charge in [0.15, 0.2) is 0 Å². The topological polar surface area (TPSA) is 129 Å². The molecular weight excluding hydrogens is 534 g/mol. The van der Waals surface area contributed by atoms with E-state index in [4.69, 9.17) is 20.8 Å². The second-order valence-corrected chi connectivity index (χ2v) is 11.7. The third-order valence-electron chi connectivity index (χ3n) is 7.77. The third kappa shape index (κ3) is 5.28. The van der Waals surface area contributed by atoms with E-state index in [2.05, 4.69) is 25.5 Å². The Labute approximate surface area is 236 Å². The lowest BCUT2D eigenvalue weighted by atomic mass is 9.96. The van der Waals surface area contributed by atoms with Crippen LogP contribution in [0, 0.1) is 6.92 Å². The summed E-state index contributed by atoms with van der Waals surface area (Å²) in [4.78, 5) is 38.4. The number of piperidine rings is 1. The van der Waals surface area contributed by atoms with Crippen LogP contribution in [-0.2, 0) is 14.3 Å². The van der Waals surface area contributed by atoms with Gasteiger partial charge >= 0.3 is 0 Å². The highest BCUT2D eigenvalue weighted by Crippen LogP contribution is 2.34. The van der Waals surface area contributed by atoms with Crippen LogP contribution in [0.15, 0.2) is 35.0 Å². The van der Waals surface area contributed by atoms with Crippen LogP contribution in [-0.4, -0.2) is 86.2 Å². The number of benzene rings is 1. The summed E-state index contributed by atoms with van der Waals surface area (Å²) in [5, 5.41) is 13.5. The molecule has 5 heterocycles. The maximum Gasteiger partial charge on any atom is 0.244 e. The molecule has 6 rings (SSSR count). The molecule has 0 aliphatic carbocycles. The number of hydrogen-bond acceptors (Lipinski definition) is 8. The van der Waals surface area contributed by atoms with Gasteiger partial charge in [0, 0.05) is 54.5 Å². The first kappa shape index (κ1) is 26.7. The van der Waals surface area contributed by atoms with Crippen molar-refractivity contribution in [2.45, 2.75) is 51.2 Å². The van der Waals surface area contributed by atoms with Crippen LogP contribution >= 0.6 is 11.6 Å². The van der Waals surface area contributed by atoms with E-state index in [1.165, 1.54) is 0 Å². The number of aryl methyl sites for hydroxylation is 1. The number of carbonyl (C=O) groups is 2. The Morgan fingerprint density at radius 1 is 1.20 bits per heavy atom. The molecule has 11 nitrogen and oxygen atoms in total. The van der Waals surface area contributed by atoms with Gasteiger partial charge in [-0.05, 0) is 44.9 Å². The minimum absolute atomic E-state index is 0.0103. The minimum Gasteiger partial charge on any atom is -0.425 e. The molecule has 0 radical (unpaired) electrons. The number of likely N-dealkylation sites (tertiary alicyclic amines) is 1. The van der Waals surface area contributed by atoms with Crippen molar-refractivity contribution in [3.05, 3.63) is 47.4 Å². The molecule has 1 aromatic carbocycles. The summed E-state index contributed by atoms with van der Waals surface area (Å²) in [6.45, 7) is 7.65. The van der Waals surface area contributed by atoms with Crippen LogP contribution in [0.5, 0.6) is 0 Å². The van der Waals surface area contributed by atoms with Gasteiger partial charge in [-0.2, -0.15) is 0 Å². The summed E-state index contributed by atoms with van der Waals surface area (Å²) in [5.41, 5.74) is 1.69. The number of halogens is 1. The van der Waals surface area contributed by atoms with Gasteiger partial charge in [-0.3, -0.25) is 19.5 Å². The predicted octanol–water partition coefficient (Wildman–Crippen LogP) is 3.89. The van der Waals surface area contributed by atoms with Gasteiger partial charge < -0.3 is 24.4 Å². The second-order valence-electron chi connectivity index (χ2n) is 11.2. The number of H-pyrrole nitrogens is 1. The Kier molecular flexibility index (Phi) is 6.97. The highest BCUT2D eigenvalue weighted by Gasteiger charge is 2.39. The number of ether oxygens (including phenoxy) is 1. The molecule has 1 atom stereocenters. The Balaban J connectivity index is 1.17. The second kappa shape index (κ2) is 10.5. The molecule has 12 heteroatoms. The van der Waals surface area contributed by atoms with Crippen molar-refractivity contribution in [2.75, 3.05) is 38.1 Å². The fraction of sp³-hybridized carbons (Fsp3) is 0.464. The van der Waals surface area contributed by atoms with Gasteiger partial charge in [-0.1, -0.05) is 11.6 Å². The first-order valence-electron chi connectivity index (χ1n) is 13.5. The minimum atomic E-state index is -0.643. The molecule has 2 aliphatic heterocycles. The van der Waals surface area contributed by atoms with E-state index in [0.29, 0.717) is 42.1 Å². The third-order valence-corrected chi connectivity index (χ3v) is 7.99. The number of nitrogens with zero attached hydrogens (tertiary/aromatic N) is 5. The summed E-state index contributed by atoms with van der Waals surface area (Å²) in [5.74, 6) is 1.07. The highest BCUT2D eigenvalue weighted by atomic mass is 35.5. The number of anilines is 1. The molecule has 2 saturated heterocycles. The summed E-state index contributed by atoms with van der Waals surface area (Å²) in [6.07, 6.45) is 4.98. The number of amides is 2. The number of fused-ring (bicyclic) bond motifs is 3. The number of aromatic nitrogens is 4. The highest BCUT2D eigenvalue weighted by molar-refractivity contribution is 6.33. The maximum atomic E-state index is 13.7. The first-order valence-corrected chi connectivity index (χ1v) is 13.9. The van der Waals surface area contributed by atoms with Crippen LogP contribution in [0.1, 0.15) is 44.4 Å². The van der Waals surface area contributed by atoms with Crippen LogP contribution in [0.3, 0.4) is 0 Å². The number of nitrogens with one attached hydrogen (secondary N) is 2. The van der Waals surface area contributed by atoms with Gasteiger partial charge in [-0.15, -0.1) is 10.2 Å². The zero-order valence-electron chi connectivity index (χ0n) is 22.7. The molecule has 0 bridgehead atoms. The maximum absolute atomic E-state index is 13.7. The lowest BCUT2D eigenvalue weighted by Gasteiger charge is -2.43. The normalized spacial score (nSPS) is 20.3. The Hall–Kier alpha value is -3.54. The van der Waals surface area contributed by atoms with Crippen molar-refractivity contribution in [2.24, 2.45) is 0 Å². The predicted molar refractivity (Wildman–Crippen MR) is 150 cm³/mol. The molecule has 3 aromatic heterocycles. The van der Waals surface area contributed by atoms with E-state index in [-0.39, 0.29) is 30.9 Å². The first-order chi connectivity index (χ1) is 19.2. The van der Waals surface area contributed by atoms with Crippen LogP contribution in [0.4, 0.5) is 5.69 Å². The number of pyridine rings is 1. The van der Waals surface area contributed by atoms with E-state index in [9.17, 15) is 9.59 Å². The molecule has 2 amide bonds. The van der Waals surface area contributed by atoms with E-state index >= 15 is 0 Å². The van der Waals surface area contributed by atoms with Crippen molar-refractivity contribution in [1.29, 1.82) is 0 Å².